The molecule has 0 saturated carbocycles. The number of amides is 15. The number of fused-ring (bicyclic) bond motifs is 4. The van der Waals surface area contributed by atoms with Crippen LogP contribution in [0.5, 0.6) is 11.5 Å². The number of carbonyl (C=O) groups is 15. The van der Waals surface area contributed by atoms with Crippen molar-refractivity contribution in [3.8, 4) is 11.5 Å². The van der Waals surface area contributed by atoms with Crippen LogP contribution in [0.3, 0.4) is 0 Å². The Hall–Kier alpha value is -13.4. The number of rotatable bonds is 21. The average Bonchev–Trinajstić information content (AvgIpc) is 1.65. The number of phenolic OH excluding ortho intramolecular Hbond substituents is 2. The Balaban J connectivity index is 0.991. The Morgan fingerprint density at radius 2 is 1.01 bits per heavy atom. The summed E-state index contributed by atoms with van der Waals surface area (Å²) in [5.74, 6) is -20.7. The fourth-order valence-corrected chi connectivity index (χ4v) is 18.9. The lowest BCUT2D eigenvalue weighted by Crippen LogP contribution is -2.63. The molecular weight excluding hydrogens is 1790 g/mol. The highest BCUT2D eigenvalue weighted by atomic mass is 32.2. The number of aromatic hydroxyl groups is 2. The van der Waals surface area contributed by atoms with Gasteiger partial charge in [-0.05, 0) is 139 Å². The minimum Gasteiger partial charge on any atom is -0.508 e. The Labute approximate surface area is 797 Å². The second-order valence-corrected chi connectivity index (χ2v) is 37.5. The lowest BCUT2D eigenvalue weighted by atomic mass is 9.96. The van der Waals surface area contributed by atoms with Crippen LogP contribution in [-0.4, -0.2) is 277 Å². The van der Waals surface area contributed by atoms with Crippen molar-refractivity contribution in [3.05, 3.63) is 203 Å². The molecule has 15 N–H and O–H groups in total. The summed E-state index contributed by atoms with van der Waals surface area (Å²) in [4.78, 5) is 239. The maximum atomic E-state index is 16.0. The number of nitrogens with two attached hydrogens (primary N) is 2. The SMILES string of the molecule is CCCC[C@H]1C(=O)N2CCC[C@@H]2C(=O)N2C[C@H](N)C[C@H]2C(=O)N[C@@H](C(C)C)C(=O)N(C)[C@@H](Cc2ccccc2)C(=O)N[C@@H](Cc2ccc(O)cc2)C(=O)N2CCCCC2C(=O)N[C@@H](Cc2c[nH]c3ccccc23)C(=O)N[C@@H](Cc2ccc(O)cc2)C(=O)N[C@@H](CC(C)C)C(=O)N[C@H](C(=O)NCC(N)=O)CSCC(=O)N[C@@H](Cc2cc(F)c(F)c(F)c2)C(=O)N(C)[C@@H](Cc2ccccc2)C(=O)N1C. The molecule has 0 aliphatic carbocycles. The molecule has 5 heterocycles. The Kier molecular flexibility index (Phi) is 36.8. The molecule has 0 bridgehead atoms. The van der Waals surface area contributed by atoms with Gasteiger partial charge in [-0.25, -0.2) is 13.2 Å². The van der Waals surface area contributed by atoms with Crippen LogP contribution in [0.4, 0.5) is 13.2 Å². The van der Waals surface area contributed by atoms with Crippen LogP contribution in [0, 0.1) is 29.3 Å². The highest BCUT2D eigenvalue weighted by Gasteiger charge is 2.49. The molecule has 6 aromatic carbocycles. The molecule has 4 saturated heterocycles. The first kappa shape index (κ1) is 104. The molecule has 734 valence electrons. The third-order valence-corrected chi connectivity index (χ3v) is 26.6. The van der Waals surface area contributed by atoms with Gasteiger partial charge in [-0.15, -0.1) is 11.8 Å². The van der Waals surface area contributed by atoms with E-state index in [0.29, 0.717) is 88.3 Å². The zero-order chi connectivity index (χ0) is 99.2. The van der Waals surface area contributed by atoms with E-state index in [-0.39, 0.29) is 107 Å². The lowest BCUT2D eigenvalue weighted by molar-refractivity contribution is -0.154. The molecule has 38 heteroatoms. The largest absolute Gasteiger partial charge is 0.508 e. The fourth-order valence-electron chi connectivity index (χ4n) is 18.1. The van der Waals surface area contributed by atoms with Gasteiger partial charge in [-0.1, -0.05) is 151 Å². The zero-order valence-electron chi connectivity index (χ0n) is 78.1. The van der Waals surface area contributed by atoms with Crippen molar-refractivity contribution in [2.45, 2.75) is 222 Å². The highest BCUT2D eigenvalue weighted by molar-refractivity contribution is 8.00. The van der Waals surface area contributed by atoms with Crippen LogP contribution in [0.25, 0.3) is 10.9 Å². The van der Waals surface area contributed by atoms with Crippen molar-refractivity contribution in [1.29, 1.82) is 0 Å². The van der Waals surface area contributed by atoms with Crippen molar-refractivity contribution in [2.75, 3.05) is 58.8 Å². The number of phenols is 2. The van der Waals surface area contributed by atoms with Crippen molar-refractivity contribution in [3.63, 3.8) is 0 Å². The fraction of sp³-hybridized carbons (Fsp3) is 0.465. The predicted octanol–water partition coefficient (Wildman–Crippen LogP) is 4.17. The minimum atomic E-state index is -1.84. The molecule has 0 radical (unpaired) electrons. The number of nitrogens with one attached hydrogen (secondary N) is 9. The molecule has 15 amide bonds. The number of aromatic amines is 1. The number of unbranched alkanes of at least 4 members (excludes halogenated alkanes) is 1. The molecule has 4 aliphatic heterocycles. The first-order valence-electron chi connectivity index (χ1n) is 46.4. The summed E-state index contributed by atoms with van der Waals surface area (Å²) in [6.07, 6.45) is 1.52. The van der Waals surface area contributed by atoms with Gasteiger partial charge in [-0.2, -0.15) is 0 Å². The van der Waals surface area contributed by atoms with E-state index in [9.17, 15) is 29.0 Å². The smallest absolute Gasteiger partial charge is 0.246 e. The van der Waals surface area contributed by atoms with Crippen LogP contribution in [-0.2, 0) is 110 Å². The van der Waals surface area contributed by atoms with Gasteiger partial charge < -0.3 is 98.6 Å². The number of hydrogen-bond donors (Lipinski definition) is 13. The molecule has 7 aromatic rings. The number of hydrogen-bond acceptors (Lipinski definition) is 19. The summed E-state index contributed by atoms with van der Waals surface area (Å²) in [5, 5.41) is 43.5. The molecule has 0 spiro atoms. The number of thioether (sulfide) groups is 1. The molecule has 1 unspecified atom stereocenters. The van der Waals surface area contributed by atoms with E-state index < -0.39 is 227 Å². The van der Waals surface area contributed by atoms with E-state index in [4.69, 9.17) is 11.5 Å². The number of primary amides is 1. The normalized spacial score (nSPS) is 24.4. The average molecular weight is 1910 g/mol. The number of nitrogens with zero attached hydrogens (tertiary/aromatic N) is 6. The molecule has 14 atom stereocenters. The van der Waals surface area contributed by atoms with Gasteiger partial charge in [0.15, 0.2) is 17.5 Å². The summed E-state index contributed by atoms with van der Waals surface area (Å²) >= 11 is 0.700. The van der Waals surface area contributed by atoms with Gasteiger partial charge in [0.25, 0.3) is 0 Å². The number of para-hydroxylation sites is 1. The van der Waals surface area contributed by atoms with Crippen LogP contribution >= 0.6 is 11.8 Å². The quantitative estimate of drug-likeness (QED) is 0.0449. The van der Waals surface area contributed by atoms with E-state index in [2.05, 4.69) is 47.5 Å². The van der Waals surface area contributed by atoms with Crippen LogP contribution in [0.1, 0.15) is 132 Å². The lowest BCUT2D eigenvalue weighted by Gasteiger charge is -2.39. The summed E-state index contributed by atoms with van der Waals surface area (Å²) in [5.41, 5.74) is 14.9. The van der Waals surface area contributed by atoms with Gasteiger partial charge in [0.2, 0.25) is 88.6 Å². The number of H-pyrrole nitrogens is 1. The third-order valence-electron chi connectivity index (χ3n) is 25.5. The highest BCUT2D eigenvalue weighted by Crippen LogP contribution is 2.31. The maximum absolute atomic E-state index is 16.0. The number of likely N-dealkylation sites (N-methyl/N-ethyl adjacent to an activating group) is 3. The van der Waals surface area contributed by atoms with Gasteiger partial charge in [0.05, 0.1) is 12.3 Å². The van der Waals surface area contributed by atoms with Crippen molar-refractivity contribution >= 4 is 111 Å². The minimum absolute atomic E-state index is 0.0127. The molecule has 34 nitrogen and oxygen atoms in total. The number of halogens is 3. The summed E-state index contributed by atoms with van der Waals surface area (Å²) in [6, 6.07) is 16.7. The second-order valence-electron chi connectivity index (χ2n) is 36.5. The zero-order valence-corrected chi connectivity index (χ0v) is 78.9. The molecule has 11 rings (SSSR count). The first-order chi connectivity index (χ1) is 65.4. The van der Waals surface area contributed by atoms with E-state index >= 15 is 66.3 Å². The van der Waals surface area contributed by atoms with Gasteiger partial charge in [-0.3, -0.25) is 71.9 Å². The maximum Gasteiger partial charge on any atom is 0.246 e. The number of piperidine rings is 1. The monoisotopic (exact) mass is 1910 g/mol. The standard InChI is InChI=1S/C99H124F3N17O17S/c1-9-10-28-78-97(134)118-40-21-30-79(118)98(135)119-53-64(103)50-81(119)93(130)113-86(57(4)5)99(136)115(7)80(47-58-22-13-11-14-23-58)92(129)111-75(45-61-33-37-66(121)38-34-61)95(132)117-39-20-19-29-77(117)91(128)110-73(49-63-51-105-70-27-18-17-26-67(63)70)90(127)109-72(44-60-31-35-65(120)36-32-60)89(126)108-71(41-56(2)3)88(125)112-76(87(124)106-52-83(104)122)54-137-55-84(123)107-74(46-62-42-68(100)85(102)69(101)43-62)94(131)116(8)82(96(133)114(78)6)48-59-24-15-12-16-25-59/h11-18,22-27,31-38,42-43,51,56-57,64,71-82,86,105,120-121H,9-10,19-21,28-30,39-41,44-50,52-55,103H2,1-8H3,(H2,104,122)(H,106,124)(H,107,123)(H,108,126)(H,109,127)(H,110,128)(H,111,129)(H,112,125)(H,113,130)/t64-,71+,72+,73+,74+,75+,76+,77?,78+,79-,80+,81+,82+,86+/m1/s1. The van der Waals surface area contributed by atoms with Crippen LogP contribution in [0.15, 0.2) is 152 Å². The van der Waals surface area contributed by atoms with Crippen molar-refractivity contribution in [1.82, 2.24) is 76.9 Å². The summed E-state index contributed by atoms with van der Waals surface area (Å²) < 4.78 is 45.2. The molecular formula is C99H124F3N17O17S. The van der Waals surface area contributed by atoms with Gasteiger partial charge in [0.1, 0.15) is 90.0 Å². The topological polar surface area (TPSA) is 480 Å². The van der Waals surface area contributed by atoms with E-state index in [1.54, 1.807) is 131 Å². The number of aromatic nitrogens is 1. The molecule has 4 fully saturated rings. The summed E-state index contributed by atoms with van der Waals surface area (Å²) in [7, 11) is 3.98. The summed E-state index contributed by atoms with van der Waals surface area (Å²) in [6.45, 7) is 7.68. The Morgan fingerprint density at radius 3 is 1.62 bits per heavy atom. The molecule has 4 aliphatic rings. The van der Waals surface area contributed by atoms with E-state index in [1.165, 1.54) is 82.0 Å². The second kappa shape index (κ2) is 48.4. The van der Waals surface area contributed by atoms with Gasteiger partial charge >= 0.3 is 0 Å². The van der Waals surface area contributed by atoms with Crippen LogP contribution < -0.4 is 54.0 Å². The third kappa shape index (κ3) is 27.5. The number of carbonyl (C=O) groups excluding carboxylic acids is 15. The molecule has 137 heavy (non-hydrogen) atoms. The Bertz CT molecular complexity index is 5470. The number of benzene rings is 6. The van der Waals surface area contributed by atoms with E-state index in [1.807, 2.05) is 6.92 Å². The van der Waals surface area contributed by atoms with Crippen molar-refractivity contribution in [2.24, 2.45) is 23.3 Å². The predicted molar refractivity (Wildman–Crippen MR) is 505 cm³/mol. The van der Waals surface area contributed by atoms with Crippen molar-refractivity contribution < 1.29 is 95.3 Å². The van der Waals surface area contributed by atoms with Crippen LogP contribution in [0.2, 0.25) is 0 Å². The van der Waals surface area contributed by atoms with E-state index in [0.717, 1.165) is 4.90 Å². The Morgan fingerprint density at radius 1 is 0.496 bits per heavy atom. The van der Waals surface area contributed by atoms with Gasteiger partial charge in [0, 0.05) is 108 Å². The molecule has 1 aromatic heterocycles. The first-order valence-corrected chi connectivity index (χ1v) is 47.6.